The van der Waals surface area contributed by atoms with Crippen LogP contribution in [0, 0.1) is 0 Å². The molecular formula is C14H16BrNO2S. The molecule has 0 fully saturated rings. The minimum absolute atomic E-state index is 0.149. The predicted octanol–water partition coefficient (Wildman–Crippen LogP) is 3.84. The summed E-state index contributed by atoms with van der Waals surface area (Å²) < 4.78 is 11.7. The second kappa shape index (κ2) is 6.41. The summed E-state index contributed by atoms with van der Waals surface area (Å²) in [6.07, 6.45) is 0. The number of hydrogen-bond acceptors (Lipinski definition) is 4. The van der Waals surface area contributed by atoms with E-state index < -0.39 is 0 Å². The van der Waals surface area contributed by atoms with Gasteiger partial charge < -0.3 is 14.8 Å². The first-order valence-corrected chi connectivity index (χ1v) is 7.45. The molecule has 1 unspecified atom stereocenters. The Kier molecular flexibility index (Phi) is 4.85. The summed E-state index contributed by atoms with van der Waals surface area (Å²) in [5.41, 5.74) is 1.15. The zero-order chi connectivity index (χ0) is 13.8. The number of methoxy groups -OCH3 is 2. The molecule has 0 saturated heterocycles. The number of ether oxygens (including phenoxy) is 2. The number of hydrogen-bond donors (Lipinski definition) is 1. The van der Waals surface area contributed by atoms with Gasteiger partial charge in [0.1, 0.15) is 0 Å². The van der Waals surface area contributed by atoms with Crippen molar-refractivity contribution in [1.82, 2.24) is 5.32 Å². The maximum atomic E-state index is 5.35. The molecule has 19 heavy (non-hydrogen) atoms. The second-order valence-corrected chi connectivity index (χ2v) is 6.47. The van der Waals surface area contributed by atoms with Gasteiger partial charge in [0.15, 0.2) is 11.5 Å². The molecule has 1 atom stereocenters. The monoisotopic (exact) mass is 341 g/mol. The van der Waals surface area contributed by atoms with E-state index in [2.05, 4.69) is 39.4 Å². The maximum Gasteiger partial charge on any atom is 0.161 e. The van der Waals surface area contributed by atoms with Crippen LogP contribution in [0.25, 0.3) is 0 Å². The van der Waals surface area contributed by atoms with Gasteiger partial charge >= 0.3 is 0 Å². The van der Waals surface area contributed by atoms with Crippen LogP contribution in [0.15, 0.2) is 34.1 Å². The minimum atomic E-state index is 0.149. The number of rotatable bonds is 5. The number of halogens is 1. The molecule has 1 heterocycles. The maximum absolute atomic E-state index is 5.35. The average molecular weight is 342 g/mol. The Balaban J connectivity index is 2.38. The number of nitrogens with one attached hydrogen (secondary N) is 1. The Morgan fingerprint density at radius 1 is 1.11 bits per heavy atom. The highest BCUT2D eigenvalue weighted by molar-refractivity contribution is 9.11. The molecule has 2 rings (SSSR count). The van der Waals surface area contributed by atoms with E-state index in [1.54, 1.807) is 25.6 Å². The fourth-order valence-electron chi connectivity index (χ4n) is 1.99. The molecular weight excluding hydrogens is 326 g/mol. The van der Waals surface area contributed by atoms with E-state index in [4.69, 9.17) is 9.47 Å². The topological polar surface area (TPSA) is 30.5 Å². The normalized spacial score (nSPS) is 12.2. The van der Waals surface area contributed by atoms with Gasteiger partial charge in [-0.25, -0.2) is 0 Å². The molecule has 0 aliphatic carbocycles. The lowest BCUT2D eigenvalue weighted by molar-refractivity contribution is 0.354. The summed E-state index contributed by atoms with van der Waals surface area (Å²) in [4.78, 5) is 1.25. The third-order valence-electron chi connectivity index (χ3n) is 2.91. The molecule has 0 amide bonds. The summed E-state index contributed by atoms with van der Waals surface area (Å²) in [6.45, 7) is 0. The van der Waals surface area contributed by atoms with E-state index in [0.29, 0.717) is 0 Å². The summed E-state index contributed by atoms with van der Waals surface area (Å²) in [7, 11) is 5.25. The van der Waals surface area contributed by atoms with Gasteiger partial charge in [0.25, 0.3) is 0 Å². The van der Waals surface area contributed by atoms with Gasteiger partial charge in [-0.2, -0.15) is 0 Å². The van der Waals surface area contributed by atoms with E-state index in [0.717, 1.165) is 20.8 Å². The van der Waals surface area contributed by atoms with E-state index >= 15 is 0 Å². The lowest BCUT2D eigenvalue weighted by Crippen LogP contribution is -2.16. The van der Waals surface area contributed by atoms with Crippen LogP contribution in [0.3, 0.4) is 0 Å². The average Bonchev–Trinajstić information content (AvgIpc) is 2.86. The van der Waals surface area contributed by atoms with Crippen LogP contribution in [0.5, 0.6) is 11.5 Å². The van der Waals surface area contributed by atoms with Gasteiger partial charge in [-0.3, -0.25) is 0 Å². The Bertz CT molecular complexity index is 556. The lowest BCUT2D eigenvalue weighted by Gasteiger charge is -2.17. The van der Waals surface area contributed by atoms with Crippen molar-refractivity contribution >= 4 is 27.3 Å². The zero-order valence-corrected chi connectivity index (χ0v) is 13.5. The highest BCUT2D eigenvalue weighted by Crippen LogP contribution is 2.35. The molecule has 0 saturated carbocycles. The first-order valence-electron chi connectivity index (χ1n) is 5.84. The third-order valence-corrected chi connectivity index (χ3v) is 4.60. The van der Waals surface area contributed by atoms with Crippen molar-refractivity contribution in [3.63, 3.8) is 0 Å². The minimum Gasteiger partial charge on any atom is -0.493 e. The van der Waals surface area contributed by atoms with Gasteiger partial charge in [-0.05, 0) is 52.8 Å². The molecule has 1 N–H and O–H groups in total. The highest BCUT2D eigenvalue weighted by atomic mass is 79.9. The molecule has 3 nitrogen and oxygen atoms in total. The zero-order valence-electron chi connectivity index (χ0n) is 11.1. The van der Waals surface area contributed by atoms with Gasteiger partial charge in [-0.15, -0.1) is 11.3 Å². The van der Waals surface area contributed by atoms with E-state index in [1.165, 1.54) is 4.88 Å². The van der Waals surface area contributed by atoms with E-state index in [9.17, 15) is 0 Å². The summed E-state index contributed by atoms with van der Waals surface area (Å²) in [5, 5.41) is 3.33. The first-order chi connectivity index (χ1) is 9.19. The Morgan fingerprint density at radius 3 is 2.37 bits per heavy atom. The van der Waals surface area contributed by atoms with Crippen molar-refractivity contribution < 1.29 is 9.47 Å². The Hall–Kier alpha value is -1.04. The Labute approximate surface area is 125 Å². The van der Waals surface area contributed by atoms with E-state index in [1.807, 2.05) is 19.2 Å². The summed E-state index contributed by atoms with van der Waals surface area (Å²) in [5.74, 6) is 1.49. The Morgan fingerprint density at radius 2 is 1.84 bits per heavy atom. The van der Waals surface area contributed by atoms with Crippen molar-refractivity contribution in [2.24, 2.45) is 0 Å². The lowest BCUT2D eigenvalue weighted by atomic mass is 10.0. The molecule has 0 bridgehead atoms. The van der Waals surface area contributed by atoms with Crippen LogP contribution in [0.2, 0.25) is 0 Å². The molecule has 5 heteroatoms. The molecule has 2 aromatic rings. The van der Waals surface area contributed by atoms with Crippen LogP contribution in [0.4, 0.5) is 0 Å². The second-order valence-electron chi connectivity index (χ2n) is 3.98. The van der Waals surface area contributed by atoms with Gasteiger partial charge in [-0.1, -0.05) is 6.07 Å². The van der Waals surface area contributed by atoms with Gasteiger partial charge in [0, 0.05) is 4.88 Å². The summed E-state index contributed by atoms with van der Waals surface area (Å²) >= 11 is 5.22. The highest BCUT2D eigenvalue weighted by Gasteiger charge is 2.16. The van der Waals surface area contributed by atoms with Crippen LogP contribution in [-0.4, -0.2) is 21.3 Å². The van der Waals surface area contributed by atoms with Crippen LogP contribution in [0.1, 0.15) is 16.5 Å². The quantitative estimate of drug-likeness (QED) is 0.896. The third kappa shape index (κ3) is 3.11. The molecule has 0 spiro atoms. The van der Waals surface area contributed by atoms with Crippen molar-refractivity contribution in [3.05, 3.63) is 44.6 Å². The SMILES string of the molecule is CNC(c1ccc(OC)c(OC)c1)c1ccc(Br)s1. The molecule has 1 aromatic carbocycles. The fourth-order valence-corrected chi connectivity index (χ4v) is 3.55. The van der Waals surface area contributed by atoms with Crippen LogP contribution in [-0.2, 0) is 0 Å². The van der Waals surface area contributed by atoms with Crippen molar-refractivity contribution in [2.45, 2.75) is 6.04 Å². The van der Waals surface area contributed by atoms with Crippen molar-refractivity contribution in [3.8, 4) is 11.5 Å². The largest absolute Gasteiger partial charge is 0.493 e. The van der Waals surface area contributed by atoms with E-state index in [-0.39, 0.29) is 6.04 Å². The molecule has 0 radical (unpaired) electrons. The molecule has 0 aliphatic rings. The smallest absolute Gasteiger partial charge is 0.161 e. The van der Waals surface area contributed by atoms with Gasteiger partial charge in [0.2, 0.25) is 0 Å². The molecule has 102 valence electrons. The van der Waals surface area contributed by atoms with Crippen LogP contribution < -0.4 is 14.8 Å². The summed E-state index contributed by atoms with van der Waals surface area (Å²) in [6, 6.07) is 10.3. The number of thiophene rings is 1. The predicted molar refractivity (Wildman–Crippen MR) is 82.5 cm³/mol. The fraction of sp³-hybridized carbons (Fsp3) is 0.286. The van der Waals surface area contributed by atoms with Crippen molar-refractivity contribution in [2.75, 3.05) is 21.3 Å². The first kappa shape index (κ1) is 14.4. The molecule has 1 aromatic heterocycles. The molecule has 0 aliphatic heterocycles. The van der Waals surface area contributed by atoms with Crippen LogP contribution >= 0.6 is 27.3 Å². The van der Waals surface area contributed by atoms with Gasteiger partial charge in [0.05, 0.1) is 24.0 Å². The van der Waals surface area contributed by atoms with Crippen molar-refractivity contribution in [1.29, 1.82) is 0 Å². The standard InChI is InChI=1S/C14H16BrNO2S/c1-16-14(12-6-7-13(15)19-12)9-4-5-10(17-2)11(8-9)18-3/h4-8,14,16H,1-3H3. The number of benzene rings is 1.